The Balaban J connectivity index is 1.45. The van der Waals surface area contributed by atoms with Gasteiger partial charge in [-0.2, -0.15) is 0 Å². The fraction of sp³-hybridized carbons (Fsp3) is 0.143. The van der Waals surface area contributed by atoms with Crippen LogP contribution >= 0.6 is 22.7 Å². The summed E-state index contributed by atoms with van der Waals surface area (Å²) in [6.07, 6.45) is -1.12. The first-order valence-corrected chi connectivity index (χ1v) is 13.3. The van der Waals surface area contributed by atoms with Crippen LogP contribution in [0.25, 0.3) is 32.5 Å². The summed E-state index contributed by atoms with van der Waals surface area (Å²) in [6, 6.07) is 18.7. The van der Waals surface area contributed by atoms with E-state index >= 15 is 0 Å². The normalized spacial score (nSPS) is 11.9. The van der Waals surface area contributed by atoms with Crippen molar-refractivity contribution in [3.63, 3.8) is 0 Å². The number of anilines is 1. The van der Waals surface area contributed by atoms with Gasteiger partial charge in [-0.3, -0.25) is 14.9 Å². The maximum Gasteiger partial charge on any atom is 0.356 e. The van der Waals surface area contributed by atoms with E-state index in [-0.39, 0.29) is 11.3 Å². The van der Waals surface area contributed by atoms with E-state index in [9.17, 15) is 14.4 Å². The predicted octanol–water partition coefficient (Wildman–Crippen LogP) is 5.88. The molecule has 0 bridgehead atoms. The van der Waals surface area contributed by atoms with Gasteiger partial charge in [0.2, 0.25) is 0 Å². The number of hydrogen-bond donors (Lipinski definition) is 1. The van der Waals surface area contributed by atoms with Crippen LogP contribution in [0.1, 0.15) is 23.0 Å². The Hall–Kier alpha value is -4.08. The largest absolute Gasteiger partial charge is 0.448 e. The fourth-order valence-corrected chi connectivity index (χ4v) is 5.54. The first kappa shape index (κ1) is 24.6. The van der Waals surface area contributed by atoms with Gasteiger partial charge in [-0.15, -0.1) is 22.7 Å². The van der Waals surface area contributed by atoms with Crippen molar-refractivity contribution in [1.82, 2.24) is 9.55 Å². The van der Waals surface area contributed by atoms with Crippen LogP contribution in [-0.4, -0.2) is 27.5 Å². The first-order valence-electron chi connectivity index (χ1n) is 11.5. The molecule has 0 saturated carbocycles. The Morgan fingerprint density at radius 3 is 2.43 bits per heavy atom. The Morgan fingerprint density at radius 2 is 1.73 bits per heavy atom. The van der Waals surface area contributed by atoms with Gasteiger partial charge in [0, 0.05) is 23.4 Å². The standard InChI is InChI=1S/C28H23N3O4S2/c1-16-10-12-18(13-11-16)23-19-7-4-5-8-20(19)26(33)31(3)24(23)27(34)35-17(2)25(32)30-28-29-21(15-37-28)22-9-6-14-36-22/h4-15,17H,1-3H3,(H,29,30,32). The number of carbonyl (C=O) groups is 2. The van der Waals surface area contributed by atoms with E-state index in [1.807, 2.05) is 66.2 Å². The summed E-state index contributed by atoms with van der Waals surface area (Å²) >= 11 is 2.85. The molecule has 0 saturated heterocycles. The summed E-state index contributed by atoms with van der Waals surface area (Å²) in [5.41, 5.74) is 2.95. The summed E-state index contributed by atoms with van der Waals surface area (Å²) in [6.45, 7) is 3.47. The van der Waals surface area contributed by atoms with Gasteiger partial charge in [0.15, 0.2) is 11.2 Å². The van der Waals surface area contributed by atoms with E-state index in [1.165, 1.54) is 29.9 Å². The number of fused-ring (bicyclic) bond motifs is 1. The molecule has 3 heterocycles. The van der Waals surface area contributed by atoms with Gasteiger partial charge in [-0.05, 0) is 42.3 Å². The number of hydrogen-bond acceptors (Lipinski definition) is 7. The minimum atomic E-state index is -1.12. The smallest absolute Gasteiger partial charge is 0.356 e. The van der Waals surface area contributed by atoms with Crippen molar-refractivity contribution >= 4 is 50.5 Å². The second-order valence-corrected chi connectivity index (χ2v) is 10.4. The zero-order valence-electron chi connectivity index (χ0n) is 20.3. The van der Waals surface area contributed by atoms with Crippen LogP contribution in [0, 0.1) is 6.92 Å². The molecule has 9 heteroatoms. The highest BCUT2D eigenvalue weighted by Gasteiger charge is 2.26. The molecule has 2 aromatic carbocycles. The molecule has 1 amide bonds. The lowest BCUT2D eigenvalue weighted by atomic mass is 9.96. The van der Waals surface area contributed by atoms with E-state index in [1.54, 1.807) is 23.5 Å². The molecule has 0 radical (unpaired) electrons. The molecule has 5 rings (SSSR count). The highest BCUT2D eigenvalue weighted by molar-refractivity contribution is 7.16. The van der Waals surface area contributed by atoms with Crippen molar-refractivity contribution in [1.29, 1.82) is 0 Å². The molecule has 0 aliphatic rings. The average molecular weight is 530 g/mol. The summed E-state index contributed by atoms with van der Waals surface area (Å²) in [5.74, 6) is -1.27. The molecule has 186 valence electrons. The van der Waals surface area contributed by atoms with Crippen LogP contribution in [0.15, 0.2) is 76.2 Å². The number of rotatable bonds is 6. The number of aryl methyl sites for hydroxylation is 1. The second-order valence-electron chi connectivity index (χ2n) is 8.55. The number of benzene rings is 2. The predicted molar refractivity (Wildman–Crippen MR) is 148 cm³/mol. The fourth-order valence-electron chi connectivity index (χ4n) is 4.06. The average Bonchev–Trinajstić information content (AvgIpc) is 3.59. The molecule has 5 aromatic rings. The van der Waals surface area contributed by atoms with Crippen molar-refractivity contribution < 1.29 is 14.3 Å². The summed E-state index contributed by atoms with van der Waals surface area (Å²) in [4.78, 5) is 44.9. The molecular formula is C28H23N3O4S2. The van der Waals surface area contributed by atoms with Gasteiger partial charge < -0.3 is 9.30 Å². The van der Waals surface area contributed by atoms with Crippen LogP contribution in [0.4, 0.5) is 5.13 Å². The molecule has 0 fully saturated rings. The van der Waals surface area contributed by atoms with Gasteiger partial charge in [0.1, 0.15) is 5.69 Å². The quantitative estimate of drug-likeness (QED) is 0.277. The molecule has 1 N–H and O–H groups in total. The number of amides is 1. The second kappa shape index (κ2) is 10.1. The summed E-state index contributed by atoms with van der Waals surface area (Å²) < 4.78 is 6.88. The number of aromatic nitrogens is 2. The van der Waals surface area contributed by atoms with Crippen molar-refractivity contribution in [2.45, 2.75) is 20.0 Å². The highest BCUT2D eigenvalue weighted by atomic mass is 32.1. The van der Waals surface area contributed by atoms with Gasteiger partial charge >= 0.3 is 5.97 Å². The number of nitrogens with zero attached hydrogens (tertiary/aromatic N) is 2. The van der Waals surface area contributed by atoms with Crippen LogP contribution in [0.5, 0.6) is 0 Å². The van der Waals surface area contributed by atoms with Crippen molar-refractivity contribution in [2.75, 3.05) is 5.32 Å². The number of nitrogens with one attached hydrogen (secondary N) is 1. The van der Waals surface area contributed by atoms with Crippen molar-refractivity contribution in [3.8, 4) is 21.7 Å². The monoisotopic (exact) mass is 529 g/mol. The SMILES string of the molecule is Cc1ccc(-c2c(C(=O)OC(C)C(=O)Nc3nc(-c4cccs4)cs3)n(C)c(=O)c3ccccc23)cc1. The molecule has 1 atom stereocenters. The third kappa shape index (κ3) is 4.83. The van der Waals surface area contributed by atoms with Crippen molar-refractivity contribution in [2.24, 2.45) is 7.05 Å². The van der Waals surface area contributed by atoms with Gasteiger partial charge in [0.25, 0.3) is 11.5 Å². The summed E-state index contributed by atoms with van der Waals surface area (Å²) in [7, 11) is 1.54. The lowest BCUT2D eigenvalue weighted by Crippen LogP contribution is -2.32. The van der Waals surface area contributed by atoms with Gasteiger partial charge in [-0.1, -0.05) is 54.1 Å². The van der Waals surface area contributed by atoms with E-state index in [0.29, 0.717) is 21.5 Å². The van der Waals surface area contributed by atoms with Crippen LogP contribution in [0.3, 0.4) is 0 Å². The molecule has 7 nitrogen and oxygen atoms in total. The molecule has 0 spiro atoms. The van der Waals surface area contributed by atoms with Crippen LogP contribution < -0.4 is 10.9 Å². The van der Waals surface area contributed by atoms with Gasteiger partial charge in [0.05, 0.1) is 10.6 Å². The third-order valence-corrected chi connectivity index (χ3v) is 7.65. The molecular weight excluding hydrogens is 506 g/mol. The minimum Gasteiger partial charge on any atom is -0.448 e. The van der Waals surface area contributed by atoms with E-state index in [2.05, 4.69) is 10.3 Å². The Bertz CT molecular complexity index is 1670. The van der Waals surface area contributed by atoms with E-state index < -0.39 is 18.0 Å². The Labute approximate surface area is 221 Å². The number of thiazole rings is 1. The lowest BCUT2D eigenvalue weighted by Gasteiger charge is -2.19. The first-order chi connectivity index (χ1) is 17.8. The maximum absolute atomic E-state index is 13.5. The molecule has 37 heavy (non-hydrogen) atoms. The molecule has 0 aliphatic heterocycles. The van der Waals surface area contributed by atoms with E-state index in [0.717, 1.165) is 21.7 Å². The topological polar surface area (TPSA) is 90.3 Å². The maximum atomic E-state index is 13.5. The lowest BCUT2D eigenvalue weighted by molar-refractivity contribution is -0.123. The number of pyridine rings is 1. The van der Waals surface area contributed by atoms with Gasteiger partial charge in [-0.25, -0.2) is 9.78 Å². The minimum absolute atomic E-state index is 0.0847. The highest BCUT2D eigenvalue weighted by Crippen LogP contribution is 2.32. The van der Waals surface area contributed by atoms with Crippen LogP contribution in [-0.2, 0) is 16.6 Å². The zero-order chi connectivity index (χ0) is 26.1. The number of carbonyl (C=O) groups excluding carboxylic acids is 2. The number of thiophene rings is 1. The Morgan fingerprint density at radius 1 is 1.00 bits per heavy atom. The Kier molecular flexibility index (Phi) is 6.73. The molecule has 1 unspecified atom stereocenters. The number of esters is 1. The van der Waals surface area contributed by atoms with E-state index in [4.69, 9.17) is 4.74 Å². The third-order valence-electron chi connectivity index (χ3n) is 6.00. The van der Waals surface area contributed by atoms with Crippen LogP contribution in [0.2, 0.25) is 0 Å². The number of ether oxygens (including phenoxy) is 1. The summed E-state index contributed by atoms with van der Waals surface area (Å²) in [5, 5.41) is 8.08. The van der Waals surface area contributed by atoms with Crippen molar-refractivity contribution in [3.05, 3.63) is 93.0 Å². The molecule has 3 aromatic heterocycles. The zero-order valence-corrected chi connectivity index (χ0v) is 22.0. The molecule has 0 aliphatic carbocycles.